The molecule has 0 aromatic heterocycles. The maximum absolute atomic E-state index is 12.3. The Hall–Kier alpha value is -3.36. The minimum absolute atomic E-state index is 0.0424. The first kappa shape index (κ1) is 19.4. The van der Waals surface area contributed by atoms with Crippen molar-refractivity contribution in [2.45, 2.75) is 11.1 Å². The molecule has 1 amide bonds. The number of nitrogens with two attached hydrogens (primary N) is 1. The summed E-state index contributed by atoms with van der Waals surface area (Å²) in [5.41, 5.74) is 6.10. The van der Waals surface area contributed by atoms with Crippen molar-refractivity contribution in [2.24, 2.45) is 5.73 Å². The van der Waals surface area contributed by atoms with Gasteiger partial charge in [0.1, 0.15) is 16.4 Å². The average Bonchev–Trinajstić information content (AvgIpc) is 2.69. The maximum Gasteiger partial charge on any atom is 0.339 e. The summed E-state index contributed by atoms with van der Waals surface area (Å²) in [4.78, 5) is 12.1. The van der Waals surface area contributed by atoms with Gasteiger partial charge in [-0.25, -0.2) is 0 Å². The zero-order valence-corrected chi connectivity index (χ0v) is 15.5. The van der Waals surface area contributed by atoms with Crippen LogP contribution in [0.4, 0.5) is 5.69 Å². The number of hydrogen-bond donors (Lipinski definition) is 2. The van der Waals surface area contributed by atoms with Crippen LogP contribution in [0, 0.1) is 0 Å². The topological polar surface area (TPSA) is 108 Å². The van der Waals surface area contributed by atoms with E-state index in [1.54, 1.807) is 54.6 Å². The van der Waals surface area contributed by atoms with Gasteiger partial charge in [-0.2, -0.15) is 8.42 Å². The Morgan fingerprint density at radius 1 is 0.821 bits per heavy atom. The number of hydrogen-bond acceptors (Lipinski definition) is 6. The highest BCUT2D eigenvalue weighted by Gasteiger charge is 2.18. The number of carbonyl (C=O) groups excluding carboxylic acids is 1. The van der Waals surface area contributed by atoms with E-state index in [0.717, 1.165) is 0 Å². The Labute approximate surface area is 162 Å². The van der Waals surface area contributed by atoms with Gasteiger partial charge in [0.2, 0.25) is 6.23 Å². The highest BCUT2D eigenvalue weighted by molar-refractivity contribution is 7.87. The van der Waals surface area contributed by atoms with Gasteiger partial charge in [0.25, 0.3) is 5.91 Å². The number of nitrogens with one attached hydrogen (secondary N) is 1. The molecule has 28 heavy (non-hydrogen) atoms. The van der Waals surface area contributed by atoms with Gasteiger partial charge in [-0.15, -0.1) is 0 Å². The molecule has 0 saturated heterocycles. The molecule has 1 atom stereocenters. The third-order valence-electron chi connectivity index (χ3n) is 3.62. The van der Waals surface area contributed by atoms with Gasteiger partial charge in [-0.1, -0.05) is 36.4 Å². The molecule has 0 saturated carbocycles. The van der Waals surface area contributed by atoms with Crippen molar-refractivity contribution in [3.05, 3.63) is 84.9 Å². The van der Waals surface area contributed by atoms with Crippen LogP contribution in [0.3, 0.4) is 0 Å². The molecule has 3 rings (SSSR count). The summed E-state index contributed by atoms with van der Waals surface area (Å²) in [7, 11) is -3.98. The molecule has 144 valence electrons. The molecule has 7 nitrogen and oxygen atoms in total. The van der Waals surface area contributed by atoms with Crippen LogP contribution in [0.1, 0.15) is 0 Å². The number of benzene rings is 3. The minimum Gasteiger partial charge on any atom is -0.466 e. The third kappa shape index (κ3) is 5.09. The second kappa shape index (κ2) is 8.55. The Kier molecular flexibility index (Phi) is 5.93. The van der Waals surface area contributed by atoms with Gasteiger partial charge >= 0.3 is 10.1 Å². The van der Waals surface area contributed by atoms with Crippen molar-refractivity contribution in [1.29, 1.82) is 0 Å². The van der Waals surface area contributed by atoms with Crippen LogP contribution in [-0.2, 0) is 14.9 Å². The SMILES string of the molecule is NC(Oc1ccccc1)C(=O)Nc1ccc(S(=O)(=O)Oc2ccccc2)cc1. The monoisotopic (exact) mass is 398 g/mol. The van der Waals surface area contributed by atoms with E-state index in [4.69, 9.17) is 14.7 Å². The molecule has 0 fully saturated rings. The van der Waals surface area contributed by atoms with E-state index in [9.17, 15) is 13.2 Å². The number of anilines is 1. The number of amides is 1. The zero-order valence-electron chi connectivity index (χ0n) is 14.7. The summed E-state index contributed by atoms with van der Waals surface area (Å²) in [5, 5.41) is 2.57. The number of para-hydroxylation sites is 2. The average molecular weight is 398 g/mol. The number of ether oxygens (including phenoxy) is 1. The molecule has 3 N–H and O–H groups in total. The molecule has 0 bridgehead atoms. The standard InChI is InChI=1S/C20H18N2O5S/c21-19(26-16-7-3-1-4-8-16)20(23)22-15-11-13-18(14-12-15)28(24,25)27-17-9-5-2-6-10-17/h1-14,19H,21H2,(H,22,23). The molecule has 1 unspecified atom stereocenters. The van der Waals surface area contributed by atoms with Crippen LogP contribution in [0.25, 0.3) is 0 Å². The van der Waals surface area contributed by atoms with Crippen molar-refractivity contribution in [3.8, 4) is 11.5 Å². The molecular weight excluding hydrogens is 380 g/mol. The lowest BCUT2D eigenvalue weighted by atomic mass is 10.3. The van der Waals surface area contributed by atoms with E-state index < -0.39 is 22.3 Å². The molecule has 0 aliphatic carbocycles. The van der Waals surface area contributed by atoms with Gasteiger partial charge < -0.3 is 14.2 Å². The molecule has 3 aromatic rings. The lowest BCUT2D eigenvalue weighted by molar-refractivity contribution is -0.122. The molecule has 0 spiro atoms. The molecule has 8 heteroatoms. The molecule has 0 heterocycles. The Morgan fingerprint density at radius 2 is 1.36 bits per heavy atom. The first-order valence-electron chi connectivity index (χ1n) is 8.32. The van der Waals surface area contributed by atoms with Crippen molar-refractivity contribution in [2.75, 3.05) is 5.32 Å². The van der Waals surface area contributed by atoms with Crippen LogP contribution in [-0.4, -0.2) is 20.6 Å². The molecule has 0 aliphatic rings. The first-order chi connectivity index (χ1) is 13.4. The molecular formula is C20H18N2O5S. The normalized spacial score (nSPS) is 12.0. The summed E-state index contributed by atoms with van der Waals surface area (Å²) < 4.78 is 35.0. The van der Waals surface area contributed by atoms with Gasteiger partial charge in [-0.05, 0) is 48.5 Å². The van der Waals surface area contributed by atoms with Crippen LogP contribution < -0.4 is 20.0 Å². The summed E-state index contributed by atoms with van der Waals surface area (Å²) >= 11 is 0. The Balaban J connectivity index is 1.63. The number of carbonyl (C=O) groups is 1. The fourth-order valence-corrected chi connectivity index (χ4v) is 3.20. The van der Waals surface area contributed by atoms with Gasteiger partial charge in [0, 0.05) is 5.69 Å². The van der Waals surface area contributed by atoms with Crippen LogP contribution in [0.5, 0.6) is 11.5 Å². The Bertz CT molecular complexity index is 1020. The predicted molar refractivity (Wildman–Crippen MR) is 104 cm³/mol. The quantitative estimate of drug-likeness (QED) is 0.468. The third-order valence-corrected chi connectivity index (χ3v) is 4.89. The second-order valence-corrected chi connectivity index (χ2v) is 7.26. The van der Waals surface area contributed by atoms with E-state index in [1.807, 2.05) is 6.07 Å². The lowest BCUT2D eigenvalue weighted by Crippen LogP contribution is -2.40. The Morgan fingerprint density at radius 3 is 1.93 bits per heavy atom. The van der Waals surface area contributed by atoms with Gasteiger partial charge in [0.15, 0.2) is 0 Å². The fourth-order valence-electron chi connectivity index (χ4n) is 2.27. The van der Waals surface area contributed by atoms with Crippen molar-refractivity contribution < 1.29 is 22.1 Å². The largest absolute Gasteiger partial charge is 0.466 e. The van der Waals surface area contributed by atoms with E-state index in [0.29, 0.717) is 11.4 Å². The van der Waals surface area contributed by atoms with Crippen molar-refractivity contribution >= 4 is 21.7 Å². The van der Waals surface area contributed by atoms with Gasteiger partial charge in [0.05, 0.1) is 0 Å². The van der Waals surface area contributed by atoms with E-state index in [1.165, 1.54) is 24.3 Å². The zero-order chi connectivity index (χ0) is 20.0. The molecule has 3 aromatic carbocycles. The minimum atomic E-state index is -3.98. The highest BCUT2D eigenvalue weighted by Crippen LogP contribution is 2.20. The predicted octanol–water partition coefficient (Wildman–Crippen LogP) is 2.76. The molecule has 0 radical (unpaired) electrons. The lowest BCUT2D eigenvalue weighted by Gasteiger charge is -2.14. The first-order valence-corrected chi connectivity index (χ1v) is 9.73. The summed E-state index contributed by atoms with van der Waals surface area (Å²) in [5.74, 6) is 0.105. The highest BCUT2D eigenvalue weighted by atomic mass is 32.2. The molecule has 0 aliphatic heterocycles. The second-order valence-electron chi connectivity index (χ2n) is 5.72. The van der Waals surface area contributed by atoms with Gasteiger partial charge in [-0.3, -0.25) is 10.5 Å². The van der Waals surface area contributed by atoms with Crippen LogP contribution in [0.2, 0.25) is 0 Å². The summed E-state index contributed by atoms with van der Waals surface area (Å²) in [6, 6.07) is 22.4. The van der Waals surface area contributed by atoms with Crippen molar-refractivity contribution in [1.82, 2.24) is 0 Å². The maximum atomic E-state index is 12.3. The smallest absolute Gasteiger partial charge is 0.339 e. The summed E-state index contributed by atoms with van der Waals surface area (Å²) in [6.45, 7) is 0. The summed E-state index contributed by atoms with van der Waals surface area (Å²) in [6.07, 6.45) is -1.22. The number of rotatable bonds is 7. The van der Waals surface area contributed by atoms with E-state index in [2.05, 4.69) is 5.32 Å². The van der Waals surface area contributed by atoms with E-state index >= 15 is 0 Å². The van der Waals surface area contributed by atoms with Crippen LogP contribution in [0.15, 0.2) is 89.8 Å². The van der Waals surface area contributed by atoms with E-state index in [-0.39, 0.29) is 10.6 Å². The fraction of sp³-hybridized carbons (Fsp3) is 0.0500. The van der Waals surface area contributed by atoms with Crippen LogP contribution >= 0.6 is 0 Å². The van der Waals surface area contributed by atoms with Crippen molar-refractivity contribution in [3.63, 3.8) is 0 Å².